The molecule has 1 N–H and O–H groups in total. The molecule has 74 valence electrons. The predicted octanol–water partition coefficient (Wildman–Crippen LogP) is 1.81. The molecule has 0 heterocycles. The summed E-state index contributed by atoms with van der Waals surface area (Å²) in [7, 11) is -3.67. The van der Waals surface area contributed by atoms with Crippen molar-refractivity contribution < 1.29 is 13.0 Å². The van der Waals surface area contributed by atoms with Crippen LogP contribution in [0.5, 0.6) is 0 Å². The van der Waals surface area contributed by atoms with Gasteiger partial charge in [0.15, 0.2) is 0 Å². The summed E-state index contributed by atoms with van der Waals surface area (Å²) in [5, 5.41) is 0. The van der Waals surface area contributed by atoms with E-state index >= 15 is 0 Å². The van der Waals surface area contributed by atoms with Gasteiger partial charge in [-0.15, -0.1) is 0 Å². The van der Waals surface area contributed by atoms with E-state index in [9.17, 15) is 8.42 Å². The SMILES string of the molecule is CS(=O)(=O)O.Cc1cccc(C)c1. The Labute approximate surface area is 79.2 Å². The molecule has 0 aliphatic carbocycles. The highest BCUT2D eigenvalue weighted by Crippen LogP contribution is 2.00. The van der Waals surface area contributed by atoms with E-state index in [0.717, 1.165) is 0 Å². The monoisotopic (exact) mass is 202 g/mol. The fraction of sp³-hybridized carbons (Fsp3) is 0.333. The van der Waals surface area contributed by atoms with Crippen LogP contribution in [0.1, 0.15) is 11.1 Å². The zero-order valence-corrected chi connectivity index (χ0v) is 8.80. The van der Waals surface area contributed by atoms with Crippen molar-refractivity contribution in [3.8, 4) is 0 Å². The minimum atomic E-state index is -3.67. The third-order valence-corrected chi connectivity index (χ3v) is 1.17. The molecule has 0 aliphatic rings. The van der Waals surface area contributed by atoms with Crippen LogP contribution in [0.4, 0.5) is 0 Å². The highest BCUT2D eigenvalue weighted by atomic mass is 32.2. The number of benzene rings is 1. The van der Waals surface area contributed by atoms with E-state index < -0.39 is 10.1 Å². The van der Waals surface area contributed by atoms with Crippen LogP contribution in [0.25, 0.3) is 0 Å². The molecular weight excluding hydrogens is 188 g/mol. The second kappa shape index (κ2) is 4.99. The van der Waals surface area contributed by atoms with Crippen molar-refractivity contribution in [2.24, 2.45) is 0 Å². The zero-order valence-electron chi connectivity index (χ0n) is 7.98. The highest BCUT2D eigenvalue weighted by Gasteiger charge is 1.81. The van der Waals surface area contributed by atoms with Crippen LogP contribution in [0.15, 0.2) is 24.3 Å². The van der Waals surface area contributed by atoms with Crippen LogP contribution >= 0.6 is 0 Å². The van der Waals surface area contributed by atoms with E-state index in [2.05, 4.69) is 38.1 Å². The summed E-state index contributed by atoms with van der Waals surface area (Å²) in [5.41, 5.74) is 2.68. The van der Waals surface area contributed by atoms with Crippen molar-refractivity contribution in [3.05, 3.63) is 35.4 Å². The van der Waals surface area contributed by atoms with Crippen molar-refractivity contribution in [1.29, 1.82) is 0 Å². The van der Waals surface area contributed by atoms with E-state index in [1.54, 1.807) is 0 Å². The Bertz CT molecular complexity index is 330. The van der Waals surface area contributed by atoms with Crippen molar-refractivity contribution >= 4 is 10.1 Å². The maximum absolute atomic E-state index is 9.19. The van der Waals surface area contributed by atoms with Gasteiger partial charge in [0, 0.05) is 0 Å². The van der Waals surface area contributed by atoms with Gasteiger partial charge in [0.2, 0.25) is 0 Å². The zero-order chi connectivity index (χ0) is 10.5. The minimum Gasteiger partial charge on any atom is -0.286 e. The maximum Gasteiger partial charge on any atom is 0.261 e. The average Bonchev–Trinajstić information content (AvgIpc) is 1.81. The summed E-state index contributed by atoms with van der Waals surface area (Å²) < 4.78 is 25.9. The molecule has 1 aromatic rings. The fourth-order valence-electron chi connectivity index (χ4n) is 0.807. The molecule has 0 unspecified atom stereocenters. The smallest absolute Gasteiger partial charge is 0.261 e. The lowest BCUT2D eigenvalue weighted by molar-refractivity contribution is 0.490. The molecule has 0 spiro atoms. The molecule has 0 aliphatic heterocycles. The summed E-state index contributed by atoms with van der Waals surface area (Å²) in [6.45, 7) is 4.21. The molecule has 13 heavy (non-hydrogen) atoms. The minimum absolute atomic E-state index is 0.715. The van der Waals surface area contributed by atoms with Crippen LogP contribution in [-0.2, 0) is 10.1 Å². The van der Waals surface area contributed by atoms with Crippen LogP contribution in [0.3, 0.4) is 0 Å². The molecule has 4 heteroatoms. The van der Waals surface area contributed by atoms with Crippen molar-refractivity contribution in [2.45, 2.75) is 13.8 Å². The summed E-state index contributed by atoms with van der Waals surface area (Å²) >= 11 is 0. The van der Waals surface area contributed by atoms with Gasteiger partial charge in [-0.25, -0.2) is 0 Å². The first-order valence-corrected chi connectivity index (χ1v) is 5.59. The van der Waals surface area contributed by atoms with Gasteiger partial charge in [0.05, 0.1) is 6.26 Å². The van der Waals surface area contributed by atoms with Crippen LogP contribution in [-0.4, -0.2) is 19.2 Å². The Morgan fingerprint density at radius 2 is 1.46 bits per heavy atom. The molecular formula is C9H14O3S. The largest absolute Gasteiger partial charge is 0.286 e. The van der Waals surface area contributed by atoms with Crippen LogP contribution in [0.2, 0.25) is 0 Å². The van der Waals surface area contributed by atoms with E-state index in [1.165, 1.54) is 11.1 Å². The van der Waals surface area contributed by atoms with E-state index in [1.807, 2.05) is 0 Å². The molecule has 1 rings (SSSR count). The van der Waals surface area contributed by atoms with Crippen LogP contribution in [0, 0.1) is 13.8 Å². The average molecular weight is 202 g/mol. The number of rotatable bonds is 0. The molecule has 0 saturated heterocycles. The van der Waals surface area contributed by atoms with E-state index in [-0.39, 0.29) is 0 Å². The van der Waals surface area contributed by atoms with Crippen molar-refractivity contribution in [1.82, 2.24) is 0 Å². The molecule has 0 saturated carbocycles. The molecule has 0 radical (unpaired) electrons. The lowest BCUT2D eigenvalue weighted by Crippen LogP contribution is -1.88. The van der Waals surface area contributed by atoms with Crippen LogP contribution < -0.4 is 0 Å². The molecule has 3 nitrogen and oxygen atoms in total. The number of hydrogen-bond donors (Lipinski definition) is 1. The first-order valence-electron chi connectivity index (χ1n) is 3.75. The highest BCUT2D eigenvalue weighted by molar-refractivity contribution is 7.85. The molecule has 0 aromatic heterocycles. The molecule has 1 aromatic carbocycles. The normalized spacial score (nSPS) is 10.2. The number of aryl methyl sites for hydroxylation is 2. The Balaban J connectivity index is 0.000000252. The van der Waals surface area contributed by atoms with Gasteiger partial charge in [0.1, 0.15) is 0 Å². The molecule has 0 amide bonds. The Morgan fingerprint density at radius 1 is 1.15 bits per heavy atom. The first-order chi connectivity index (χ1) is 5.79. The summed E-state index contributed by atoms with van der Waals surface area (Å²) in [6.07, 6.45) is 0.715. The first kappa shape index (κ1) is 12.1. The molecule has 0 fully saturated rings. The Hall–Kier alpha value is -0.870. The standard InChI is InChI=1S/C8H10.CH4O3S/c1-7-4-3-5-8(2)6-7;1-5(2,3)4/h3-6H,1-2H3;1H3,(H,2,3,4). The van der Waals surface area contributed by atoms with Crippen molar-refractivity contribution in [2.75, 3.05) is 6.26 Å². The molecule has 0 bridgehead atoms. The van der Waals surface area contributed by atoms with Gasteiger partial charge >= 0.3 is 0 Å². The summed E-state index contributed by atoms with van der Waals surface area (Å²) in [4.78, 5) is 0. The lowest BCUT2D eigenvalue weighted by atomic mass is 10.2. The van der Waals surface area contributed by atoms with Gasteiger partial charge in [-0.05, 0) is 13.8 Å². The van der Waals surface area contributed by atoms with Crippen molar-refractivity contribution in [3.63, 3.8) is 0 Å². The van der Waals surface area contributed by atoms with Gasteiger partial charge in [-0.2, -0.15) is 8.42 Å². The third kappa shape index (κ3) is 11.1. The summed E-state index contributed by atoms with van der Waals surface area (Å²) in [5.74, 6) is 0. The predicted molar refractivity (Wildman–Crippen MR) is 53.4 cm³/mol. The van der Waals surface area contributed by atoms with Gasteiger partial charge < -0.3 is 0 Å². The maximum atomic E-state index is 9.19. The Kier molecular flexibility index (Phi) is 4.66. The van der Waals surface area contributed by atoms with Gasteiger partial charge in [-0.1, -0.05) is 35.4 Å². The van der Waals surface area contributed by atoms with Gasteiger partial charge in [0.25, 0.3) is 10.1 Å². The van der Waals surface area contributed by atoms with Gasteiger partial charge in [-0.3, -0.25) is 4.55 Å². The fourth-order valence-corrected chi connectivity index (χ4v) is 0.807. The molecule has 0 atom stereocenters. The Morgan fingerprint density at radius 3 is 1.62 bits per heavy atom. The van der Waals surface area contributed by atoms with E-state index in [4.69, 9.17) is 4.55 Å². The summed E-state index contributed by atoms with van der Waals surface area (Å²) in [6, 6.07) is 8.45. The lowest BCUT2D eigenvalue weighted by Gasteiger charge is -1.90. The van der Waals surface area contributed by atoms with E-state index in [0.29, 0.717) is 6.26 Å². The quantitative estimate of drug-likeness (QED) is 0.653. The third-order valence-electron chi connectivity index (χ3n) is 1.17. The number of hydrogen-bond acceptors (Lipinski definition) is 2. The second-order valence-corrected chi connectivity index (χ2v) is 4.36. The topological polar surface area (TPSA) is 54.4 Å². The second-order valence-electron chi connectivity index (χ2n) is 2.89.